The van der Waals surface area contributed by atoms with Crippen LogP contribution in [0.4, 0.5) is 10.5 Å². The highest BCUT2D eigenvalue weighted by Crippen LogP contribution is 2.24. The molecule has 2 heterocycles. The van der Waals surface area contributed by atoms with Gasteiger partial charge < -0.3 is 5.32 Å². The van der Waals surface area contributed by atoms with Crippen molar-refractivity contribution < 1.29 is 14.4 Å². The first-order valence-electron chi connectivity index (χ1n) is 5.72. The molecule has 2 N–H and O–H groups in total. The lowest BCUT2D eigenvalue weighted by atomic mass is 10.1. The Balaban J connectivity index is 2.00. The van der Waals surface area contributed by atoms with Gasteiger partial charge in [0.05, 0.1) is 11.1 Å². The molecule has 1 aromatic carbocycles. The summed E-state index contributed by atoms with van der Waals surface area (Å²) in [7, 11) is 0. The average molecular weight is 245 g/mol. The number of carbonyl (C=O) groups is 3. The van der Waals surface area contributed by atoms with Crippen LogP contribution in [0.1, 0.15) is 27.1 Å². The van der Waals surface area contributed by atoms with Crippen molar-refractivity contribution in [3.8, 4) is 0 Å². The summed E-state index contributed by atoms with van der Waals surface area (Å²) >= 11 is 0. The fraction of sp³-hybridized carbons (Fsp3) is 0.250. The van der Waals surface area contributed by atoms with Crippen molar-refractivity contribution in [3.05, 3.63) is 29.3 Å². The first-order valence-corrected chi connectivity index (χ1v) is 5.72. The number of nitrogens with one attached hydrogen (secondary N) is 2. The number of carbonyl (C=O) groups excluding carboxylic acids is 3. The van der Waals surface area contributed by atoms with Crippen molar-refractivity contribution in [2.75, 3.05) is 18.0 Å². The van der Waals surface area contributed by atoms with Crippen LogP contribution in [0, 0.1) is 0 Å². The Bertz CT molecular complexity index is 568. The van der Waals surface area contributed by atoms with Crippen LogP contribution < -0.4 is 15.5 Å². The van der Waals surface area contributed by atoms with Crippen molar-refractivity contribution in [2.24, 2.45) is 0 Å². The van der Waals surface area contributed by atoms with Gasteiger partial charge in [-0.1, -0.05) is 0 Å². The molecular weight excluding hydrogens is 234 g/mol. The minimum atomic E-state index is -0.408. The van der Waals surface area contributed by atoms with E-state index in [4.69, 9.17) is 0 Å². The quantitative estimate of drug-likeness (QED) is 0.707. The first kappa shape index (κ1) is 10.8. The van der Waals surface area contributed by atoms with E-state index in [0.717, 1.165) is 6.42 Å². The van der Waals surface area contributed by atoms with Crippen LogP contribution in [0.2, 0.25) is 0 Å². The summed E-state index contributed by atoms with van der Waals surface area (Å²) < 4.78 is 0. The Morgan fingerprint density at radius 2 is 1.83 bits per heavy atom. The lowest BCUT2D eigenvalue weighted by Gasteiger charge is -2.27. The number of benzene rings is 1. The zero-order chi connectivity index (χ0) is 12.7. The molecule has 1 fully saturated rings. The summed E-state index contributed by atoms with van der Waals surface area (Å²) in [6, 6.07) is 4.67. The van der Waals surface area contributed by atoms with E-state index < -0.39 is 5.91 Å². The van der Waals surface area contributed by atoms with Gasteiger partial charge in [0.25, 0.3) is 11.8 Å². The molecule has 0 radical (unpaired) electrons. The fourth-order valence-corrected chi connectivity index (χ4v) is 2.20. The molecule has 0 aromatic heterocycles. The van der Waals surface area contributed by atoms with Gasteiger partial charge in [0.15, 0.2) is 0 Å². The molecule has 0 bridgehead atoms. The highest BCUT2D eigenvalue weighted by molar-refractivity contribution is 6.22. The number of rotatable bonds is 1. The predicted molar refractivity (Wildman–Crippen MR) is 63.6 cm³/mol. The minimum absolute atomic E-state index is 0.175. The first-order chi connectivity index (χ1) is 8.66. The van der Waals surface area contributed by atoms with Crippen LogP contribution in [0.25, 0.3) is 0 Å². The van der Waals surface area contributed by atoms with E-state index in [0.29, 0.717) is 29.9 Å². The lowest BCUT2D eigenvalue weighted by Crippen LogP contribution is -2.46. The normalized spacial score (nSPS) is 18.4. The summed E-state index contributed by atoms with van der Waals surface area (Å²) in [6.07, 6.45) is 0.855. The van der Waals surface area contributed by atoms with Crippen molar-refractivity contribution >= 4 is 23.5 Å². The molecule has 3 rings (SSSR count). The maximum Gasteiger partial charge on any atom is 0.321 e. The number of hydrogen-bond acceptors (Lipinski definition) is 3. The van der Waals surface area contributed by atoms with Gasteiger partial charge in [-0.25, -0.2) is 4.79 Å². The summed E-state index contributed by atoms with van der Waals surface area (Å²) in [5.74, 6) is -0.793. The van der Waals surface area contributed by atoms with Crippen molar-refractivity contribution in [1.82, 2.24) is 10.6 Å². The summed E-state index contributed by atoms with van der Waals surface area (Å²) in [5, 5.41) is 4.96. The number of hydrogen-bond donors (Lipinski definition) is 2. The van der Waals surface area contributed by atoms with Gasteiger partial charge in [0.1, 0.15) is 0 Å². The third-order valence-corrected chi connectivity index (χ3v) is 3.11. The van der Waals surface area contributed by atoms with Crippen LogP contribution in [-0.4, -0.2) is 30.9 Å². The van der Waals surface area contributed by atoms with Crippen molar-refractivity contribution in [3.63, 3.8) is 0 Å². The number of imide groups is 1. The van der Waals surface area contributed by atoms with E-state index >= 15 is 0 Å². The molecule has 0 unspecified atom stereocenters. The molecule has 4 amide bonds. The van der Waals surface area contributed by atoms with Gasteiger partial charge in [-0.2, -0.15) is 0 Å². The topological polar surface area (TPSA) is 78.5 Å². The number of nitrogens with zero attached hydrogens (tertiary/aromatic N) is 1. The average Bonchev–Trinajstić information content (AvgIpc) is 2.65. The van der Waals surface area contributed by atoms with E-state index in [1.807, 2.05) is 0 Å². The number of urea groups is 1. The molecule has 1 aromatic rings. The Morgan fingerprint density at radius 1 is 1.06 bits per heavy atom. The molecule has 2 aliphatic heterocycles. The maximum atomic E-state index is 11.7. The predicted octanol–water partition coefficient (Wildman–Crippen LogP) is 0.490. The Kier molecular flexibility index (Phi) is 2.29. The monoisotopic (exact) mass is 245 g/mol. The minimum Gasteiger partial charge on any atom is -0.338 e. The lowest BCUT2D eigenvalue weighted by molar-refractivity contribution is 0.0879. The number of amides is 4. The van der Waals surface area contributed by atoms with Crippen molar-refractivity contribution in [1.29, 1.82) is 0 Å². The smallest absolute Gasteiger partial charge is 0.321 e. The van der Waals surface area contributed by atoms with Crippen molar-refractivity contribution in [2.45, 2.75) is 6.42 Å². The Hall–Kier alpha value is -2.37. The highest BCUT2D eigenvalue weighted by Gasteiger charge is 2.28. The second-order valence-corrected chi connectivity index (χ2v) is 4.25. The van der Waals surface area contributed by atoms with Gasteiger partial charge in [0.2, 0.25) is 0 Å². The van der Waals surface area contributed by atoms with Gasteiger partial charge in [-0.05, 0) is 24.6 Å². The number of fused-ring (bicyclic) bond motifs is 1. The number of anilines is 1. The molecule has 6 heteroatoms. The zero-order valence-electron chi connectivity index (χ0n) is 9.53. The zero-order valence-corrected chi connectivity index (χ0v) is 9.53. The summed E-state index contributed by atoms with van der Waals surface area (Å²) in [4.78, 5) is 36.2. The van der Waals surface area contributed by atoms with Crippen LogP contribution in [0.3, 0.4) is 0 Å². The molecule has 0 saturated carbocycles. The highest BCUT2D eigenvalue weighted by atomic mass is 16.2. The van der Waals surface area contributed by atoms with E-state index in [1.54, 1.807) is 23.1 Å². The molecule has 0 atom stereocenters. The Morgan fingerprint density at radius 3 is 2.61 bits per heavy atom. The Labute approximate surface area is 103 Å². The third-order valence-electron chi connectivity index (χ3n) is 3.11. The fourth-order valence-electron chi connectivity index (χ4n) is 2.20. The van der Waals surface area contributed by atoms with E-state index in [-0.39, 0.29) is 11.9 Å². The van der Waals surface area contributed by atoms with Crippen LogP contribution >= 0.6 is 0 Å². The van der Waals surface area contributed by atoms with Gasteiger partial charge in [-0.15, -0.1) is 0 Å². The third kappa shape index (κ3) is 1.54. The standard InChI is InChI=1S/C12H11N3O3/c16-10-8-3-2-7(6-9(8)11(17)14-10)15-5-1-4-13-12(15)18/h2-3,6H,1,4-5H2,(H,13,18)(H,14,16,17). The van der Waals surface area contributed by atoms with E-state index in [1.165, 1.54) is 0 Å². The molecule has 0 aliphatic carbocycles. The molecule has 92 valence electrons. The summed E-state index contributed by atoms with van der Waals surface area (Å²) in [5.41, 5.74) is 1.33. The van der Waals surface area contributed by atoms with Crippen LogP contribution in [-0.2, 0) is 0 Å². The van der Waals surface area contributed by atoms with E-state index in [2.05, 4.69) is 10.6 Å². The van der Waals surface area contributed by atoms with Crippen LogP contribution in [0.5, 0.6) is 0 Å². The van der Waals surface area contributed by atoms with E-state index in [9.17, 15) is 14.4 Å². The SMILES string of the molecule is O=C1NC(=O)c2cc(N3CCCNC3=O)ccc21. The maximum absolute atomic E-state index is 11.7. The molecule has 2 aliphatic rings. The molecule has 0 spiro atoms. The van der Waals surface area contributed by atoms with Gasteiger partial charge in [-0.3, -0.25) is 19.8 Å². The second-order valence-electron chi connectivity index (χ2n) is 4.25. The largest absolute Gasteiger partial charge is 0.338 e. The molecular formula is C12H11N3O3. The van der Waals surface area contributed by atoms with Crippen LogP contribution in [0.15, 0.2) is 18.2 Å². The van der Waals surface area contributed by atoms with Gasteiger partial charge in [0, 0.05) is 18.8 Å². The van der Waals surface area contributed by atoms with Gasteiger partial charge >= 0.3 is 6.03 Å². The second kappa shape index (κ2) is 3.83. The summed E-state index contributed by atoms with van der Waals surface area (Å²) in [6.45, 7) is 1.28. The molecule has 1 saturated heterocycles. The molecule has 6 nitrogen and oxygen atoms in total. The molecule has 18 heavy (non-hydrogen) atoms.